The third-order valence-electron chi connectivity index (χ3n) is 6.69. The van der Waals surface area contributed by atoms with Crippen LogP contribution in [0.3, 0.4) is 0 Å². The average molecular weight is 512 g/mol. The van der Waals surface area contributed by atoms with Gasteiger partial charge in [0.1, 0.15) is 11.5 Å². The Bertz CT molecular complexity index is 1090. The number of hydrogen-bond acceptors (Lipinski definition) is 6. The molecule has 0 fully saturated rings. The highest BCUT2D eigenvalue weighted by Crippen LogP contribution is 2.41. The van der Waals surface area contributed by atoms with Gasteiger partial charge in [0.15, 0.2) is 5.78 Å². The number of allylic oxidation sites excluding steroid dienone is 4. The first kappa shape index (κ1) is 29.2. The number of nitrogens with one attached hydrogen (secondary N) is 1. The van der Waals surface area contributed by atoms with E-state index in [4.69, 9.17) is 13.9 Å². The van der Waals surface area contributed by atoms with Crippen LogP contribution in [0.4, 0.5) is 5.69 Å². The first-order chi connectivity index (χ1) is 16.9. The quantitative estimate of drug-likeness (QED) is 0.174. The number of carbonyl (C=O) groups excluding carboxylic acids is 2. The van der Waals surface area contributed by atoms with Gasteiger partial charge in [-0.3, -0.25) is 4.79 Å². The van der Waals surface area contributed by atoms with Gasteiger partial charge in [-0.05, 0) is 87.7 Å². The molecule has 0 saturated carbocycles. The van der Waals surface area contributed by atoms with Crippen LogP contribution in [-0.4, -0.2) is 33.8 Å². The lowest BCUT2D eigenvalue weighted by Gasteiger charge is -2.38. The summed E-state index contributed by atoms with van der Waals surface area (Å²) >= 11 is 0. The molecule has 0 radical (unpaired) electrons. The first-order valence-corrected chi connectivity index (χ1v) is 15.4. The molecular formula is C29H41NO5Si. The van der Waals surface area contributed by atoms with Crippen LogP contribution in [-0.2, 0) is 18.8 Å². The second-order valence-corrected chi connectivity index (χ2v) is 15.0. The lowest BCUT2D eigenvalue weighted by atomic mass is 9.87. The fourth-order valence-corrected chi connectivity index (χ4v) is 4.58. The standard InChI is InChI=1S/C29H41NO5Si/c1-10-25(35-36(8,9)29(4,5)6)26-23(28(32)34-11-2)14-12-13-20(3)27(31)24(26)19-30-21-15-17-22(33-7)18-16-21/h10,13,15-19,30H,11-12,14H2,1-9H3/b20-13-,24-19+,25-10-,26-23-. The Balaban J connectivity index is 2.74. The molecule has 0 unspecified atom stereocenters. The Kier molecular flexibility index (Phi) is 9.93. The fraction of sp³-hybridized carbons (Fsp3) is 0.448. The Labute approximate surface area is 217 Å². The number of esters is 1. The van der Waals surface area contributed by atoms with Crippen molar-refractivity contribution in [3.63, 3.8) is 0 Å². The summed E-state index contributed by atoms with van der Waals surface area (Å²) in [4.78, 5) is 26.9. The topological polar surface area (TPSA) is 73.9 Å². The number of rotatable bonds is 8. The van der Waals surface area contributed by atoms with Crippen molar-refractivity contribution in [3.8, 4) is 5.75 Å². The van der Waals surface area contributed by atoms with Crippen LogP contribution in [0.25, 0.3) is 0 Å². The van der Waals surface area contributed by atoms with Crippen molar-refractivity contribution in [3.05, 3.63) is 70.7 Å². The van der Waals surface area contributed by atoms with E-state index in [9.17, 15) is 9.59 Å². The molecule has 7 heteroatoms. The molecule has 0 aromatic heterocycles. The molecular weight excluding hydrogens is 470 g/mol. The Morgan fingerprint density at radius 2 is 1.81 bits per heavy atom. The van der Waals surface area contributed by atoms with E-state index in [-0.39, 0.29) is 17.4 Å². The summed E-state index contributed by atoms with van der Waals surface area (Å²) in [5.74, 6) is 0.682. The van der Waals surface area contributed by atoms with Gasteiger partial charge in [-0.25, -0.2) is 4.79 Å². The second kappa shape index (κ2) is 12.3. The predicted molar refractivity (Wildman–Crippen MR) is 148 cm³/mol. The molecule has 0 atom stereocenters. The Hall–Kier alpha value is -3.06. The maximum absolute atomic E-state index is 13.7. The number of Topliss-reactive ketones (excluding diaryl/α,β-unsaturated/α-hetero) is 1. The van der Waals surface area contributed by atoms with Gasteiger partial charge in [0.05, 0.1) is 13.7 Å². The van der Waals surface area contributed by atoms with Gasteiger partial charge in [0, 0.05) is 28.6 Å². The van der Waals surface area contributed by atoms with Gasteiger partial charge in [-0.1, -0.05) is 26.8 Å². The molecule has 0 amide bonds. The van der Waals surface area contributed by atoms with Crippen molar-refractivity contribution in [2.45, 2.75) is 72.5 Å². The maximum atomic E-state index is 13.7. The molecule has 1 aliphatic carbocycles. The highest BCUT2D eigenvalue weighted by atomic mass is 28.4. The molecule has 2 rings (SSSR count). The maximum Gasteiger partial charge on any atom is 0.334 e. The van der Waals surface area contributed by atoms with Crippen molar-refractivity contribution < 1.29 is 23.5 Å². The second-order valence-electron chi connectivity index (χ2n) is 10.3. The van der Waals surface area contributed by atoms with Crippen LogP contribution in [0.5, 0.6) is 5.75 Å². The third kappa shape index (κ3) is 7.00. The van der Waals surface area contributed by atoms with E-state index < -0.39 is 14.3 Å². The number of anilines is 1. The van der Waals surface area contributed by atoms with Crippen LogP contribution in [0, 0.1) is 0 Å². The van der Waals surface area contributed by atoms with Crippen molar-refractivity contribution >= 4 is 25.8 Å². The van der Waals surface area contributed by atoms with Crippen LogP contribution < -0.4 is 10.1 Å². The molecule has 1 aliphatic rings. The molecule has 1 aromatic carbocycles. The van der Waals surface area contributed by atoms with Crippen molar-refractivity contribution in [1.82, 2.24) is 0 Å². The highest BCUT2D eigenvalue weighted by molar-refractivity contribution is 6.74. The zero-order chi connectivity index (χ0) is 27.1. The number of hydrogen-bond donors (Lipinski definition) is 1. The summed E-state index contributed by atoms with van der Waals surface area (Å²) in [6.07, 6.45) is 6.40. The predicted octanol–water partition coefficient (Wildman–Crippen LogP) is 7.09. The van der Waals surface area contributed by atoms with E-state index >= 15 is 0 Å². The Morgan fingerprint density at radius 1 is 1.17 bits per heavy atom. The summed E-state index contributed by atoms with van der Waals surface area (Å²) in [6.45, 7) is 16.5. The average Bonchev–Trinajstić information content (AvgIpc) is 2.82. The lowest BCUT2D eigenvalue weighted by Crippen LogP contribution is -2.41. The van der Waals surface area contributed by atoms with E-state index in [0.29, 0.717) is 40.9 Å². The van der Waals surface area contributed by atoms with E-state index in [1.807, 2.05) is 43.3 Å². The molecule has 0 saturated heterocycles. The molecule has 0 bridgehead atoms. The van der Waals surface area contributed by atoms with Gasteiger partial charge in [0.25, 0.3) is 0 Å². The lowest BCUT2D eigenvalue weighted by molar-refractivity contribution is -0.138. The molecule has 1 aromatic rings. The normalized spacial score (nSPS) is 20.2. The van der Waals surface area contributed by atoms with E-state index in [1.165, 1.54) is 0 Å². The van der Waals surface area contributed by atoms with Crippen LogP contribution in [0.1, 0.15) is 54.4 Å². The van der Waals surface area contributed by atoms with Crippen molar-refractivity contribution in [1.29, 1.82) is 0 Å². The molecule has 196 valence electrons. The molecule has 0 spiro atoms. The van der Waals surface area contributed by atoms with Gasteiger partial charge < -0.3 is 19.2 Å². The molecule has 36 heavy (non-hydrogen) atoms. The number of carbonyl (C=O) groups is 2. The van der Waals surface area contributed by atoms with Gasteiger partial charge in [-0.15, -0.1) is 0 Å². The molecule has 0 aliphatic heterocycles. The van der Waals surface area contributed by atoms with Gasteiger partial charge in [0.2, 0.25) is 8.32 Å². The fourth-order valence-electron chi connectivity index (χ4n) is 3.51. The van der Waals surface area contributed by atoms with Crippen molar-refractivity contribution in [2.24, 2.45) is 0 Å². The largest absolute Gasteiger partial charge is 0.543 e. The molecule has 6 nitrogen and oxygen atoms in total. The minimum absolute atomic E-state index is 0.0709. The van der Waals surface area contributed by atoms with Crippen LogP contribution >= 0.6 is 0 Å². The van der Waals surface area contributed by atoms with Gasteiger partial charge >= 0.3 is 5.97 Å². The SMILES string of the molecule is C/C=C(O[Si](C)(C)C(C)(C)C)/C1=C(\C(=O)OCC)CC/C=C(/C)C(=O)\C1=C\Nc1ccc(OC)cc1. The van der Waals surface area contributed by atoms with Crippen LogP contribution in [0.15, 0.2) is 70.7 Å². The summed E-state index contributed by atoms with van der Waals surface area (Å²) in [6, 6.07) is 7.41. The zero-order valence-electron chi connectivity index (χ0n) is 23.2. The number of ether oxygens (including phenoxy) is 2. The highest BCUT2D eigenvalue weighted by Gasteiger charge is 2.41. The molecule has 0 heterocycles. The minimum Gasteiger partial charge on any atom is -0.543 e. The van der Waals surface area contributed by atoms with E-state index in [1.54, 1.807) is 27.2 Å². The Morgan fingerprint density at radius 3 is 2.33 bits per heavy atom. The number of benzene rings is 1. The molecule has 1 N–H and O–H groups in total. The van der Waals surface area contributed by atoms with Crippen LogP contribution in [0.2, 0.25) is 18.1 Å². The van der Waals surface area contributed by atoms with E-state index in [0.717, 1.165) is 11.4 Å². The summed E-state index contributed by atoms with van der Waals surface area (Å²) in [7, 11) is -0.680. The third-order valence-corrected chi connectivity index (χ3v) is 11.0. The van der Waals surface area contributed by atoms with Crippen molar-refractivity contribution in [2.75, 3.05) is 19.0 Å². The smallest absolute Gasteiger partial charge is 0.334 e. The minimum atomic E-state index is -2.29. The summed E-state index contributed by atoms with van der Waals surface area (Å²) < 4.78 is 17.4. The number of ketones is 1. The van der Waals surface area contributed by atoms with Gasteiger partial charge in [-0.2, -0.15) is 0 Å². The summed E-state index contributed by atoms with van der Waals surface area (Å²) in [5.41, 5.74) is 2.72. The first-order valence-electron chi connectivity index (χ1n) is 12.4. The zero-order valence-corrected chi connectivity index (χ0v) is 24.2. The summed E-state index contributed by atoms with van der Waals surface area (Å²) in [5, 5.41) is 3.16. The van der Waals surface area contributed by atoms with E-state index in [2.05, 4.69) is 39.2 Å². The number of methoxy groups -OCH3 is 1. The monoisotopic (exact) mass is 511 g/mol.